The molecule has 8 heteroatoms. The highest BCUT2D eigenvalue weighted by molar-refractivity contribution is 6.24. The molecule has 0 radical (unpaired) electrons. The Morgan fingerprint density at radius 2 is 1.21 bits per heavy atom. The summed E-state index contributed by atoms with van der Waals surface area (Å²) in [5, 5.41) is 0. The van der Waals surface area contributed by atoms with E-state index in [1.165, 1.54) is 0 Å². The summed E-state index contributed by atoms with van der Waals surface area (Å²) in [6, 6.07) is 30.0. The molecule has 1 fully saturated rings. The largest absolute Gasteiger partial charge is 0.495 e. The topological polar surface area (TPSA) is 60.5 Å². The van der Waals surface area contributed by atoms with E-state index in [0.29, 0.717) is 49.0 Å². The van der Waals surface area contributed by atoms with Crippen LogP contribution in [-0.2, 0) is 4.79 Å². The lowest BCUT2D eigenvalue weighted by molar-refractivity contribution is -0.125. The Balaban J connectivity index is 0.00000423. The first-order chi connectivity index (χ1) is 20.6. The summed E-state index contributed by atoms with van der Waals surface area (Å²) in [7, 11) is 6.42. The van der Waals surface area contributed by atoms with Crippen LogP contribution in [0.15, 0.2) is 91.0 Å². The molecule has 0 bridgehead atoms. The number of benzene rings is 4. The summed E-state index contributed by atoms with van der Waals surface area (Å²) in [6.45, 7) is 2.59. The molecule has 1 saturated heterocycles. The normalized spacial score (nSPS) is 13.2. The predicted molar refractivity (Wildman–Crippen MR) is 175 cm³/mol. The van der Waals surface area contributed by atoms with Gasteiger partial charge in [-0.3, -0.25) is 4.79 Å². The number of hydrogen-bond donors (Lipinski definition) is 0. The predicted octanol–water partition coefficient (Wildman–Crippen LogP) is 6.70. The second-order valence-corrected chi connectivity index (χ2v) is 9.91. The lowest BCUT2D eigenvalue weighted by Crippen LogP contribution is -2.49. The van der Waals surface area contributed by atoms with Gasteiger partial charge in [0.1, 0.15) is 5.75 Å². The van der Waals surface area contributed by atoms with Gasteiger partial charge in [-0.25, -0.2) is 0 Å². The molecule has 0 aromatic heterocycles. The lowest BCUT2D eigenvalue weighted by Gasteiger charge is -2.37. The third-order valence-corrected chi connectivity index (χ3v) is 7.52. The maximum atomic E-state index is 14.2. The number of ether oxygens (including phenoxy) is 4. The van der Waals surface area contributed by atoms with E-state index in [9.17, 15) is 4.79 Å². The molecule has 0 spiro atoms. The molecule has 224 valence electrons. The second kappa shape index (κ2) is 14.5. The number of carbonyl (C=O) groups is 1. The Kier molecular flexibility index (Phi) is 10.6. The van der Waals surface area contributed by atoms with Gasteiger partial charge in [-0.15, -0.1) is 12.4 Å². The van der Waals surface area contributed by atoms with Crippen molar-refractivity contribution >= 4 is 35.7 Å². The highest BCUT2D eigenvalue weighted by Crippen LogP contribution is 2.39. The fourth-order valence-corrected chi connectivity index (χ4v) is 5.30. The Hall–Kier alpha value is -4.62. The molecule has 1 amide bonds. The van der Waals surface area contributed by atoms with Crippen LogP contribution in [0.4, 0.5) is 5.69 Å². The molecule has 0 atom stereocenters. The van der Waals surface area contributed by atoms with Crippen molar-refractivity contribution in [3.8, 4) is 34.1 Å². The third-order valence-electron chi connectivity index (χ3n) is 7.52. The van der Waals surface area contributed by atoms with E-state index in [1.807, 2.05) is 71.6 Å². The summed E-state index contributed by atoms with van der Waals surface area (Å²) in [6.07, 6.45) is 1.90. The molecule has 7 nitrogen and oxygen atoms in total. The molecule has 0 aliphatic carbocycles. The van der Waals surface area contributed by atoms with E-state index in [4.69, 9.17) is 18.9 Å². The van der Waals surface area contributed by atoms with Gasteiger partial charge in [-0.05, 0) is 52.6 Å². The Labute approximate surface area is 259 Å². The van der Waals surface area contributed by atoms with Crippen LogP contribution in [0.1, 0.15) is 11.1 Å². The van der Waals surface area contributed by atoms with Crippen LogP contribution in [0, 0.1) is 0 Å². The van der Waals surface area contributed by atoms with Gasteiger partial charge in [-0.2, -0.15) is 0 Å². The lowest BCUT2D eigenvalue weighted by atomic mass is 9.97. The summed E-state index contributed by atoms with van der Waals surface area (Å²) in [5.74, 6) is 2.36. The van der Waals surface area contributed by atoms with Gasteiger partial charge in [0.15, 0.2) is 11.5 Å². The van der Waals surface area contributed by atoms with Crippen molar-refractivity contribution in [1.29, 1.82) is 0 Å². The van der Waals surface area contributed by atoms with Gasteiger partial charge in [0, 0.05) is 31.8 Å². The second-order valence-electron chi connectivity index (χ2n) is 9.91. The van der Waals surface area contributed by atoms with Gasteiger partial charge < -0.3 is 28.7 Å². The smallest absolute Gasteiger partial charge is 0.254 e. The van der Waals surface area contributed by atoms with Crippen molar-refractivity contribution < 1.29 is 23.7 Å². The van der Waals surface area contributed by atoms with E-state index in [1.54, 1.807) is 28.4 Å². The molecular formula is C35H37ClN2O5. The Morgan fingerprint density at radius 3 is 1.79 bits per heavy atom. The molecule has 1 aliphatic rings. The zero-order valence-corrected chi connectivity index (χ0v) is 25.7. The van der Waals surface area contributed by atoms with Crippen molar-refractivity contribution in [3.05, 3.63) is 102 Å². The number of nitrogens with zero attached hydrogens (tertiary/aromatic N) is 2. The fourth-order valence-electron chi connectivity index (χ4n) is 5.30. The highest BCUT2D eigenvalue weighted by atomic mass is 35.5. The minimum Gasteiger partial charge on any atom is -0.495 e. The van der Waals surface area contributed by atoms with Gasteiger partial charge in [0.05, 0.1) is 34.1 Å². The summed E-state index contributed by atoms with van der Waals surface area (Å²) in [5.41, 5.74) is 5.45. The maximum absolute atomic E-state index is 14.2. The molecule has 0 saturated carbocycles. The molecular weight excluding hydrogens is 564 g/mol. The van der Waals surface area contributed by atoms with Crippen LogP contribution in [0.5, 0.6) is 23.0 Å². The number of halogens is 1. The number of piperazine rings is 1. The van der Waals surface area contributed by atoms with Crippen LogP contribution in [0.25, 0.3) is 22.8 Å². The van der Waals surface area contributed by atoms with Crippen LogP contribution in [0.3, 0.4) is 0 Å². The van der Waals surface area contributed by atoms with Gasteiger partial charge in [0.25, 0.3) is 5.91 Å². The molecule has 4 aromatic rings. The monoisotopic (exact) mass is 600 g/mol. The quantitative estimate of drug-likeness (QED) is 0.157. The summed E-state index contributed by atoms with van der Waals surface area (Å²) >= 11 is 0. The standard InChI is InChI=1S/C35H36N2O5.ClH/c1-39-31-13-9-8-12-30(31)36-18-20-37(21-19-36)35(38)29(22-25-23-32(40-2)34(42-4)33(24-25)41-3)28-16-14-27(15-17-28)26-10-6-5-7-11-26;/h5-17,22-24H,18-21H2,1-4H3;1H. The number of anilines is 1. The molecule has 5 rings (SSSR count). The zero-order chi connectivity index (χ0) is 29.5. The molecule has 0 N–H and O–H groups in total. The molecule has 1 aliphatic heterocycles. The van der Waals surface area contributed by atoms with Crippen LogP contribution < -0.4 is 23.8 Å². The zero-order valence-electron chi connectivity index (χ0n) is 24.9. The van der Waals surface area contributed by atoms with Gasteiger partial charge >= 0.3 is 0 Å². The Morgan fingerprint density at radius 1 is 0.651 bits per heavy atom. The van der Waals surface area contributed by atoms with E-state index in [2.05, 4.69) is 35.2 Å². The van der Waals surface area contributed by atoms with E-state index < -0.39 is 0 Å². The van der Waals surface area contributed by atoms with Gasteiger partial charge in [0.2, 0.25) is 5.75 Å². The first kappa shape index (κ1) is 31.3. The van der Waals surface area contributed by atoms with Crippen molar-refractivity contribution in [2.24, 2.45) is 0 Å². The minimum atomic E-state index is -0.0316. The number of hydrogen-bond acceptors (Lipinski definition) is 6. The van der Waals surface area contributed by atoms with Crippen molar-refractivity contribution in [1.82, 2.24) is 4.90 Å². The van der Waals surface area contributed by atoms with Crippen LogP contribution in [-0.4, -0.2) is 65.4 Å². The summed E-state index contributed by atoms with van der Waals surface area (Å²) < 4.78 is 22.2. The number of para-hydroxylation sites is 2. The van der Waals surface area contributed by atoms with E-state index >= 15 is 0 Å². The highest BCUT2D eigenvalue weighted by Gasteiger charge is 2.26. The summed E-state index contributed by atoms with van der Waals surface area (Å²) in [4.78, 5) is 18.4. The fraction of sp³-hybridized carbons (Fsp3) is 0.229. The minimum absolute atomic E-state index is 0. The molecule has 4 aromatic carbocycles. The van der Waals surface area contributed by atoms with Crippen LogP contribution >= 0.6 is 12.4 Å². The molecule has 1 heterocycles. The van der Waals surface area contributed by atoms with E-state index in [0.717, 1.165) is 33.7 Å². The maximum Gasteiger partial charge on any atom is 0.254 e. The van der Waals surface area contributed by atoms with E-state index in [-0.39, 0.29) is 18.3 Å². The van der Waals surface area contributed by atoms with Gasteiger partial charge in [-0.1, -0.05) is 66.7 Å². The number of rotatable bonds is 9. The third kappa shape index (κ3) is 6.89. The molecule has 43 heavy (non-hydrogen) atoms. The Bertz CT molecular complexity index is 1520. The average molecular weight is 601 g/mol. The van der Waals surface area contributed by atoms with Crippen molar-refractivity contribution in [3.63, 3.8) is 0 Å². The number of carbonyl (C=O) groups excluding carboxylic acids is 1. The van der Waals surface area contributed by atoms with Crippen molar-refractivity contribution in [2.75, 3.05) is 59.5 Å². The average Bonchev–Trinajstić information content (AvgIpc) is 3.06. The first-order valence-electron chi connectivity index (χ1n) is 13.9. The first-order valence-corrected chi connectivity index (χ1v) is 13.9. The van der Waals surface area contributed by atoms with Crippen LogP contribution in [0.2, 0.25) is 0 Å². The SMILES string of the molecule is COc1ccccc1N1CCN(C(=O)C(=Cc2cc(OC)c(OC)c(OC)c2)c2ccc(-c3ccccc3)cc2)CC1.Cl. The number of amides is 1. The number of methoxy groups -OCH3 is 4. The van der Waals surface area contributed by atoms with Crippen molar-refractivity contribution in [2.45, 2.75) is 0 Å². The molecule has 0 unspecified atom stereocenters.